The highest BCUT2D eigenvalue weighted by atomic mass is 32.2. The van der Waals surface area contributed by atoms with Crippen molar-refractivity contribution in [2.45, 2.75) is 16.0 Å². The molecular weight excluding hydrogens is 192 g/mol. The fourth-order valence-electron chi connectivity index (χ4n) is 1.14. The lowest BCUT2D eigenvalue weighted by molar-refractivity contribution is 0.858. The van der Waals surface area contributed by atoms with E-state index in [4.69, 9.17) is 5.73 Å². The Bertz CT molecular complexity index is 256. The van der Waals surface area contributed by atoms with Crippen molar-refractivity contribution >= 4 is 28.2 Å². The van der Waals surface area contributed by atoms with Crippen LogP contribution in [0.3, 0.4) is 0 Å². The lowest BCUT2D eigenvalue weighted by Crippen LogP contribution is -2.09. The van der Waals surface area contributed by atoms with Crippen molar-refractivity contribution < 1.29 is 0 Å². The minimum absolute atomic E-state index is 0.559. The van der Waals surface area contributed by atoms with Crippen molar-refractivity contribution in [3.05, 3.63) is 0 Å². The molecule has 0 aromatic carbocycles. The van der Waals surface area contributed by atoms with Gasteiger partial charge in [-0.05, 0) is 13.0 Å². The predicted octanol–water partition coefficient (Wildman–Crippen LogP) is 0.574. The zero-order valence-corrected chi connectivity index (χ0v) is 8.12. The highest BCUT2D eigenvalue weighted by Crippen LogP contribution is 2.29. The van der Waals surface area contributed by atoms with Crippen LogP contribution in [-0.4, -0.2) is 28.5 Å². The van der Waals surface area contributed by atoms with Gasteiger partial charge in [-0.3, -0.25) is 0 Å². The van der Waals surface area contributed by atoms with E-state index in [1.54, 1.807) is 11.8 Å². The van der Waals surface area contributed by atoms with E-state index in [2.05, 4.69) is 15.5 Å². The fourth-order valence-corrected chi connectivity index (χ4v) is 3.15. The third kappa shape index (κ3) is 1.88. The Kier molecular flexibility index (Phi) is 2.48. The molecule has 4 nitrogen and oxygen atoms in total. The first-order chi connectivity index (χ1) is 5.84. The molecule has 1 aliphatic heterocycles. The van der Waals surface area contributed by atoms with Gasteiger partial charge in [0.1, 0.15) is 0 Å². The number of nitrogen functional groups attached to an aromatic ring is 1. The predicted molar refractivity (Wildman–Crippen MR) is 51.5 cm³/mol. The maximum absolute atomic E-state index is 5.47. The minimum atomic E-state index is 0.559. The van der Waals surface area contributed by atoms with E-state index in [9.17, 15) is 0 Å². The Hall–Kier alpha value is -0.330. The summed E-state index contributed by atoms with van der Waals surface area (Å²) in [6, 6.07) is 0. The second-order valence-electron chi connectivity index (χ2n) is 2.64. The summed E-state index contributed by atoms with van der Waals surface area (Å²) in [5.41, 5.74) is 5.47. The van der Waals surface area contributed by atoms with Crippen LogP contribution in [0.4, 0.5) is 5.13 Å². The average molecular weight is 202 g/mol. The summed E-state index contributed by atoms with van der Waals surface area (Å²) >= 11 is 3.24. The molecule has 1 aromatic rings. The van der Waals surface area contributed by atoms with Gasteiger partial charge < -0.3 is 11.1 Å². The second-order valence-corrected chi connectivity index (χ2v) is 5.20. The van der Waals surface area contributed by atoms with Crippen LogP contribution in [0.5, 0.6) is 0 Å². The lowest BCUT2D eigenvalue weighted by atomic mass is 10.4. The van der Waals surface area contributed by atoms with Crippen molar-refractivity contribution in [2.24, 2.45) is 0 Å². The van der Waals surface area contributed by atoms with Crippen molar-refractivity contribution in [3.63, 3.8) is 0 Å². The van der Waals surface area contributed by atoms with Gasteiger partial charge in [0.15, 0.2) is 4.34 Å². The normalized spacial score (nSPS) is 23.2. The van der Waals surface area contributed by atoms with Gasteiger partial charge in [0, 0.05) is 11.8 Å². The number of nitrogens with one attached hydrogen (secondary N) is 1. The van der Waals surface area contributed by atoms with Crippen LogP contribution in [0.15, 0.2) is 4.34 Å². The molecule has 0 bridgehead atoms. The Balaban J connectivity index is 1.94. The molecule has 66 valence electrons. The molecule has 0 amide bonds. The number of hydrogen-bond acceptors (Lipinski definition) is 6. The molecule has 0 radical (unpaired) electrons. The van der Waals surface area contributed by atoms with Gasteiger partial charge in [-0.2, -0.15) is 0 Å². The quantitative estimate of drug-likeness (QED) is 0.734. The minimum Gasteiger partial charge on any atom is -0.374 e. The summed E-state index contributed by atoms with van der Waals surface area (Å²) < 4.78 is 0.987. The number of nitrogens with zero attached hydrogens (tertiary/aromatic N) is 2. The van der Waals surface area contributed by atoms with Gasteiger partial charge in [0.25, 0.3) is 0 Å². The molecule has 1 fully saturated rings. The average Bonchev–Trinajstić information content (AvgIpc) is 2.63. The van der Waals surface area contributed by atoms with Crippen molar-refractivity contribution in [1.82, 2.24) is 15.5 Å². The third-order valence-corrected chi connectivity index (χ3v) is 3.81. The summed E-state index contributed by atoms with van der Waals surface area (Å²) in [6.45, 7) is 2.19. The van der Waals surface area contributed by atoms with Crippen LogP contribution in [0, 0.1) is 0 Å². The molecule has 6 heteroatoms. The molecule has 1 atom stereocenters. The molecule has 12 heavy (non-hydrogen) atoms. The van der Waals surface area contributed by atoms with E-state index < -0.39 is 0 Å². The smallest absolute Gasteiger partial charge is 0.203 e. The maximum Gasteiger partial charge on any atom is 0.203 e. The summed E-state index contributed by atoms with van der Waals surface area (Å²) in [6.07, 6.45) is 1.21. The van der Waals surface area contributed by atoms with Crippen LogP contribution in [0.25, 0.3) is 0 Å². The highest BCUT2D eigenvalue weighted by molar-refractivity contribution is 8.01. The van der Waals surface area contributed by atoms with E-state index in [-0.39, 0.29) is 0 Å². The monoisotopic (exact) mass is 202 g/mol. The summed E-state index contributed by atoms with van der Waals surface area (Å²) in [4.78, 5) is 0. The molecule has 1 unspecified atom stereocenters. The number of anilines is 1. The summed E-state index contributed by atoms with van der Waals surface area (Å²) in [5, 5.41) is 12.2. The van der Waals surface area contributed by atoms with Crippen molar-refractivity contribution in [2.75, 3.05) is 18.8 Å². The number of thioether (sulfide) groups is 1. The van der Waals surface area contributed by atoms with E-state index in [0.717, 1.165) is 17.4 Å². The molecule has 0 aliphatic carbocycles. The summed E-state index contributed by atoms with van der Waals surface area (Å²) in [7, 11) is 0. The van der Waals surface area contributed by atoms with E-state index in [1.807, 2.05) is 0 Å². The topological polar surface area (TPSA) is 63.8 Å². The molecule has 1 aromatic heterocycles. The number of aromatic nitrogens is 2. The molecule has 3 N–H and O–H groups in total. The molecular formula is C6H10N4S2. The SMILES string of the molecule is Nc1nnc(SC2CCNC2)s1. The van der Waals surface area contributed by atoms with Gasteiger partial charge in [-0.1, -0.05) is 23.1 Å². The van der Waals surface area contributed by atoms with Crippen LogP contribution in [0.2, 0.25) is 0 Å². The Morgan fingerprint density at radius 2 is 2.50 bits per heavy atom. The second kappa shape index (κ2) is 3.59. The molecule has 1 aliphatic rings. The highest BCUT2D eigenvalue weighted by Gasteiger charge is 2.17. The number of nitrogens with two attached hydrogens (primary N) is 1. The largest absolute Gasteiger partial charge is 0.374 e. The molecule has 0 spiro atoms. The van der Waals surface area contributed by atoms with E-state index in [0.29, 0.717) is 10.4 Å². The van der Waals surface area contributed by atoms with E-state index in [1.165, 1.54) is 17.8 Å². The number of rotatable bonds is 2. The number of hydrogen-bond donors (Lipinski definition) is 2. The Morgan fingerprint density at radius 1 is 1.58 bits per heavy atom. The third-order valence-electron chi connectivity index (χ3n) is 1.70. The van der Waals surface area contributed by atoms with E-state index >= 15 is 0 Å². The molecule has 2 heterocycles. The summed E-state index contributed by atoms with van der Waals surface area (Å²) in [5.74, 6) is 0. The fraction of sp³-hybridized carbons (Fsp3) is 0.667. The van der Waals surface area contributed by atoms with Gasteiger partial charge in [0.05, 0.1) is 0 Å². The van der Waals surface area contributed by atoms with Gasteiger partial charge in [-0.15, -0.1) is 10.2 Å². The Labute approximate surface area is 78.9 Å². The maximum atomic E-state index is 5.47. The first-order valence-corrected chi connectivity index (χ1v) is 5.50. The molecule has 2 rings (SSSR count). The van der Waals surface area contributed by atoms with Gasteiger partial charge in [0.2, 0.25) is 5.13 Å². The van der Waals surface area contributed by atoms with Crippen molar-refractivity contribution in [3.8, 4) is 0 Å². The first-order valence-electron chi connectivity index (χ1n) is 3.81. The van der Waals surface area contributed by atoms with Gasteiger partial charge in [-0.25, -0.2) is 0 Å². The standard InChI is InChI=1S/C6H10N4S2/c7-5-9-10-6(12-5)11-4-1-2-8-3-4/h4,8H,1-3H2,(H2,7,9). The van der Waals surface area contributed by atoms with Crippen LogP contribution < -0.4 is 11.1 Å². The zero-order chi connectivity index (χ0) is 8.39. The van der Waals surface area contributed by atoms with Crippen molar-refractivity contribution in [1.29, 1.82) is 0 Å². The van der Waals surface area contributed by atoms with Gasteiger partial charge >= 0.3 is 0 Å². The lowest BCUT2D eigenvalue weighted by Gasteiger charge is -2.01. The van der Waals surface area contributed by atoms with Crippen LogP contribution >= 0.6 is 23.1 Å². The zero-order valence-electron chi connectivity index (χ0n) is 6.49. The Morgan fingerprint density at radius 3 is 3.08 bits per heavy atom. The van der Waals surface area contributed by atoms with Crippen LogP contribution in [-0.2, 0) is 0 Å². The molecule has 1 saturated heterocycles. The van der Waals surface area contributed by atoms with Crippen LogP contribution in [0.1, 0.15) is 6.42 Å². The molecule has 0 saturated carbocycles. The first kappa shape index (κ1) is 8.28.